The lowest BCUT2D eigenvalue weighted by Crippen LogP contribution is -2.68. The van der Waals surface area contributed by atoms with Gasteiger partial charge in [-0.3, -0.25) is 24.0 Å². The highest BCUT2D eigenvalue weighted by molar-refractivity contribution is 6.38. The zero-order valence-electron chi connectivity index (χ0n) is 22.9. The fourth-order valence-corrected chi connectivity index (χ4v) is 7.36. The summed E-state index contributed by atoms with van der Waals surface area (Å²) in [5, 5.41) is 13.5. The number of nitrogens with one attached hydrogen (secondary N) is 2. The molecule has 3 heterocycles. The van der Waals surface area contributed by atoms with Crippen LogP contribution >= 0.6 is 0 Å². The molecule has 0 bridgehead atoms. The largest absolute Gasteiger partial charge is 0.496 e. The van der Waals surface area contributed by atoms with E-state index in [1.165, 1.54) is 16.9 Å². The average molecular weight is 566 g/mol. The molecule has 12 heteroatoms. The lowest BCUT2D eigenvalue weighted by atomic mass is 9.69. The zero-order valence-corrected chi connectivity index (χ0v) is 22.9. The van der Waals surface area contributed by atoms with Gasteiger partial charge < -0.3 is 35.7 Å². The van der Waals surface area contributed by atoms with Crippen LogP contribution in [-0.2, 0) is 19.2 Å². The number of H-pyrrole nitrogens is 1. The first-order valence-electron chi connectivity index (χ1n) is 14.3. The Morgan fingerprint density at radius 3 is 2.63 bits per heavy atom. The summed E-state index contributed by atoms with van der Waals surface area (Å²) in [5.74, 6) is -5.12. The van der Waals surface area contributed by atoms with E-state index in [0.29, 0.717) is 23.1 Å². The summed E-state index contributed by atoms with van der Waals surface area (Å²) in [6, 6.07) is 6.89. The summed E-state index contributed by atoms with van der Waals surface area (Å²) in [5.41, 5.74) is 5.21. The Labute approximate surface area is 236 Å². The van der Waals surface area contributed by atoms with Gasteiger partial charge in [0.25, 0.3) is 17.7 Å². The minimum Gasteiger partial charge on any atom is -0.496 e. The van der Waals surface area contributed by atoms with Crippen LogP contribution in [0.2, 0.25) is 0 Å². The molecule has 1 aromatic carbocycles. The first kappa shape index (κ1) is 27.3. The van der Waals surface area contributed by atoms with Gasteiger partial charge in [0.2, 0.25) is 11.7 Å². The molecule has 4 amide bonds. The molecule has 5 N–H and O–H groups in total. The van der Waals surface area contributed by atoms with Gasteiger partial charge in [0.15, 0.2) is 0 Å². The van der Waals surface area contributed by atoms with Crippen molar-refractivity contribution in [3.63, 3.8) is 0 Å². The van der Waals surface area contributed by atoms with Crippen LogP contribution < -0.4 is 15.8 Å². The molecule has 2 aliphatic heterocycles. The number of hydrogen-bond donors (Lipinski definition) is 4. The van der Waals surface area contributed by atoms with Gasteiger partial charge in [-0.2, -0.15) is 0 Å². The molecule has 1 aromatic heterocycles. The predicted octanol–water partition coefficient (Wildman–Crippen LogP) is 0.330. The number of ether oxygens (including phenoxy) is 1. The predicted molar refractivity (Wildman–Crippen MR) is 146 cm³/mol. The van der Waals surface area contributed by atoms with Crippen molar-refractivity contribution in [2.45, 2.75) is 56.2 Å². The van der Waals surface area contributed by atoms with E-state index >= 15 is 0 Å². The second kappa shape index (κ2) is 10.2. The zero-order chi connectivity index (χ0) is 29.1. The maximum Gasteiger partial charge on any atom is 0.288 e. The number of rotatable bonds is 9. The maximum absolute atomic E-state index is 14.3. The third kappa shape index (κ3) is 4.35. The summed E-state index contributed by atoms with van der Waals surface area (Å²) in [4.78, 5) is 73.9. The summed E-state index contributed by atoms with van der Waals surface area (Å²) < 4.78 is 5.45. The number of aliphatic hydroxyl groups is 1. The minimum absolute atomic E-state index is 0.105. The van der Waals surface area contributed by atoms with Crippen LogP contribution in [0.3, 0.4) is 0 Å². The van der Waals surface area contributed by atoms with Crippen LogP contribution in [0.5, 0.6) is 5.75 Å². The van der Waals surface area contributed by atoms with Crippen LogP contribution in [0.15, 0.2) is 24.3 Å². The molecule has 218 valence electrons. The van der Waals surface area contributed by atoms with E-state index in [0.717, 1.165) is 25.7 Å². The SMILES string of the molecule is COc1cccc2[nH]c(C(=O)N3CC4CCCC4C3(C(N)=O)[C@H](CN3CC[C@H](O)C3=O)C(=O)C(=O)NC3CC3)cc12. The molecule has 0 radical (unpaired) electrons. The van der Waals surface area contributed by atoms with Crippen molar-refractivity contribution in [3.05, 3.63) is 30.0 Å². The van der Waals surface area contributed by atoms with Gasteiger partial charge in [-0.15, -0.1) is 0 Å². The number of methoxy groups -OCH3 is 1. The van der Waals surface area contributed by atoms with Crippen LogP contribution in [0.25, 0.3) is 10.9 Å². The molecule has 3 unspecified atom stereocenters. The maximum atomic E-state index is 14.3. The van der Waals surface area contributed by atoms with E-state index in [-0.39, 0.29) is 43.7 Å². The Hall–Kier alpha value is -3.93. The van der Waals surface area contributed by atoms with E-state index in [2.05, 4.69) is 10.3 Å². The molecule has 5 atom stereocenters. The molecular weight excluding hydrogens is 530 g/mol. The highest BCUT2D eigenvalue weighted by Crippen LogP contribution is 2.53. The Bertz CT molecular complexity index is 1430. The Morgan fingerprint density at radius 2 is 1.98 bits per heavy atom. The van der Waals surface area contributed by atoms with Crippen molar-refractivity contribution in [3.8, 4) is 5.75 Å². The third-order valence-electron chi connectivity index (χ3n) is 9.46. The molecule has 2 aliphatic carbocycles. The van der Waals surface area contributed by atoms with Crippen molar-refractivity contribution in [1.82, 2.24) is 20.1 Å². The van der Waals surface area contributed by atoms with Gasteiger partial charge in [-0.1, -0.05) is 12.5 Å². The van der Waals surface area contributed by atoms with E-state index in [4.69, 9.17) is 10.5 Å². The summed E-state index contributed by atoms with van der Waals surface area (Å²) in [6.45, 7) is 0.0412. The normalized spacial score (nSPS) is 28.1. The second-order valence-electron chi connectivity index (χ2n) is 11.8. The molecule has 6 rings (SSSR count). The summed E-state index contributed by atoms with van der Waals surface area (Å²) in [6.07, 6.45) is 2.51. The highest BCUT2D eigenvalue weighted by Gasteiger charge is 2.66. The van der Waals surface area contributed by atoms with Gasteiger partial charge in [0.1, 0.15) is 23.1 Å². The van der Waals surface area contributed by atoms with Crippen LogP contribution in [0, 0.1) is 17.8 Å². The van der Waals surface area contributed by atoms with E-state index in [1.54, 1.807) is 24.3 Å². The van der Waals surface area contributed by atoms with E-state index in [9.17, 15) is 29.1 Å². The molecule has 12 nitrogen and oxygen atoms in total. The number of aliphatic hydroxyl groups excluding tert-OH is 1. The molecule has 4 fully saturated rings. The lowest BCUT2D eigenvalue weighted by Gasteiger charge is -2.45. The van der Waals surface area contributed by atoms with Crippen LogP contribution in [0.4, 0.5) is 0 Å². The number of hydrogen-bond acceptors (Lipinski definition) is 7. The van der Waals surface area contributed by atoms with Gasteiger partial charge in [-0.05, 0) is 62.1 Å². The molecule has 2 saturated carbocycles. The highest BCUT2D eigenvalue weighted by atomic mass is 16.5. The number of aromatic amines is 1. The number of nitrogens with zero attached hydrogens (tertiary/aromatic N) is 2. The quantitative estimate of drug-likeness (QED) is 0.317. The fourth-order valence-electron chi connectivity index (χ4n) is 7.36. The number of benzene rings is 1. The van der Waals surface area contributed by atoms with Gasteiger partial charge in [0.05, 0.1) is 13.0 Å². The smallest absolute Gasteiger partial charge is 0.288 e. The second-order valence-corrected chi connectivity index (χ2v) is 11.8. The fraction of sp³-hybridized carbons (Fsp3) is 0.552. The molecule has 2 aromatic rings. The topological polar surface area (TPSA) is 175 Å². The average Bonchev–Trinajstić information content (AvgIpc) is 3.27. The van der Waals surface area contributed by atoms with Crippen molar-refractivity contribution in [2.24, 2.45) is 23.5 Å². The van der Waals surface area contributed by atoms with Crippen molar-refractivity contribution < 1.29 is 33.8 Å². The Morgan fingerprint density at radius 1 is 1.20 bits per heavy atom. The number of amides is 4. The molecule has 0 spiro atoms. The number of aromatic nitrogens is 1. The molecular formula is C29H35N5O7. The number of carbonyl (C=O) groups is 5. The standard InChI is InChI=1S/C29H35N5O7/c1-41-23-7-3-6-20-17(23)12-21(32-20)26(38)34-13-15-4-2-5-18(15)29(34,28(30)40)19(14-33-11-10-22(35)27(33)39)24(36)25(37)31-16-8-9-16/h3,6-7,12,15-16,18-19,22,32,35H,2,4-5,8-11,13-14H2,1H3,(H2,30,40)(H,31,37)/t15?,18?,19-,22+,29?/m1/s1. The summed E-state index contributed by atoms with van der Waals surface area (Å²) >= 11 is 0. The number of carbonyl (C=O) groups excluding carboxylic acids is 5. The number of likely N-dealkylation sites (tertiary alicyclic amines) is 2. The van der Waals surface area contributed by atoms with Gasteiger partial charge in [0, 0.05) is 36.6 Å². The molecule has 2 saturated heterocycles. The molecule has 41 heavy (non-hydrogen) atoms. The Kier molecular flexibility index (Phi) is 6.75. The van der Waals surface area contributed by atoms with Crippen molar-refractivity contribution in [2.75, 3.05) is 26.7 Å². The third-order valence-corrected chi connectivity index (χ3v) is 9.46. The lowest BCUT2D eigenvalue weighted by molar-refractivity contribution is -0.150. The van der Waals surface area contributed by atoms with Crippen molar-refractivity contribution >= 4 is 40.3 Å². The van der Waals surface area contributed by atoms with Gasteiger partial charge in [-0.25, -0.2) is 0 Å². The minimum atomic E-state index is -1.84. The number of ketones is 1. The number of fused-ring (bicyclic) bond motifs is 2. The van der Waals surface area contributed by atoms with Crippen molar-refractivity contribution in [1.29, 1.82) is 0 Å². The number of primary amides is 1. The Balaban J connectivity index is 1.46. The van der Waals surface area contributed by atoms with E-state index < -0.39 is 52.9 Å². The van der Waals surface area contributed by atoms with E-state index in [1.807, 2.05) is 0 Å². The summed E-state index contributed by atoms with van der Waals surface area (Å²) in [7, 11) is 1.53. The van der Waals surface area contributed by atoms with Gasteiger partial charge >= 0.3 is 0 Å². The number of nitrogens with two attached hydrogens (primary N) is 1. The first-order valence-corrected chi connectivity index (χ1v) is 14.3. The van der Waals surface area contributed by atoms with Crippen LogP contribution in [-0.4, -0.2) is 93.7 Å². The number of Topliss-reactive ketones (excluding diaryl/α,β-unsaturated/α-hetero) is 1. The first-order chi connectivity index (χ1) is 19.7. The molecule has 4 aliphatic rings. The monoisotopic (exact) mass is 565 g/mol. The van der Waals surface area contributed by atoms with Crippen LogP contribution in [0.1, 0.15) is 49.0 Å².